The normalized spacial score (nSPS) is 20.2. The predicted molar refractivity (Wildman–Crippen MR) is 37.6 cm³/mol. The molecule has 0 unspecified atom stereocenters. The van der Waals surface area contributed by atoms with E-state index < -0.39 is 0 Å². The third kappa shape index (κ3) is 0.886. The van der Waals surface area contributed by atoms with Crippen molar-refractivity contribution in [3.8, 4) is 0 Å². The number of nitrogens with zero attached hydrogens (tertiary/aromatic N) is 4. The molecule has 11 heavy (non-hydrogen) atoms. The summed E-state index contributed by atoms with van der Waals surface area (Å²) in [5.74, 6) is 0.693. The van der Waals surface area contributed by atoms with Crippen LogP contribution in [0.25, 0.3) is 0 Å². The molecule has 0 radical (unpaired) electrons. The standard InChI is InChI=1S/C6H8N4O/c11-9-5-2-1-3-10-4-7-8-6(5)10/h4,11H,1-3H2. The number of hydrogen-bond acceptors (Lipinski definition) is 4. The Balaban J connectivity index is 2.48. The van der Waals surface area contributed by atoms with E-state index in [0.29, 0.717) is 11.5 Å². The fourth-order valence-corrected chi connectivity index (χ4v) is 1.27. The lowest BCUT2D eigenvalue weighted by molar-refractivity contribution is 0.316. The van der Waals surface area contributed by atoms with Gasteiger partial charge in [-0.3, -0.25) is 0 Å². The highest BCUT2D eigenvalue weighted by Gasteiger charge is 2.16. The Kier molecular flexibility index (Phi) is 1.34. The van der Waals surface area contributed by atoms with Gasteiger partial charge in [-0.25, -0.2) is 0 Å². The molecule has 1 aromatic rings. The zero-order valence-corrected chi connectivity index (χ0v) is 5.93. The number of aromatic nitrogens is 3. The first-order chi connectivity index (χ1) is 5.42. The van der Waals surface area contributed by atoms with Crippen LogP contribution >= 0.6 is 0 Å². The Labute approximate surface area is 63.4 Å². The second-order valence-corrected chi connectivity index (χ2v) is 2.50. The van der Waals surface area contributed by atoms with E-state index in [0.717, 1.165) is 19.4 Å². The van der Waals surface area contributed by atoms with Crippen LogP contribution in [0.1, 0.15) is 18.7 Å². The van der Waals surface area contributed by atoms with Crippen molar-refractivity contribution in [3.63, 3.8) is 0 Å². The maximum Gasteiger partial charge on any atom is 0.181 e. The molecule has 1 aliphatic rings. The van der Waals surface area contributed by atoms with Crippen LogP contribution in [0, 0.1) is 0 Å². The maximum absolute atomic E-state index is 8.56. The van der Waals surface area contributed by atoms with Crippen LogP contribution in [-0.2, 0) is 6.54 Å². The van der Waals surface area contributed by atoms with Gasteiger partial charge in [0.25, 0.3) is 0 Å². The lowest BCUT2D eigenvalue weighted by atomic mass is 10.1. The highest BCUT2D eigenvalue weighted by Crippen LogP contribution is 2.11. The molecule has 1 aromatic heterocycles. The molecule has 58 valence electrons. The highest BCUT2D eigenvalue weighted by atomic mass is 16.4. The van der Waals surface area contributed by atoms with Gasteiger partial charge >= 0.3 is 0 Å². The van der Waals surface area contributed by atoms with Crippen molar-refractivity contribution in [1.82, 2.24) is 14.8 Å². The van der Waals surface area contributed by atoms with Crippen LogP contribution in [0.15, 0.2) is 11.5 Å². The topological polar surface area (TPSA) is 63.3 Å². The third-order valence-corrected chi connectivity index (χ3v) is 1.81. The molecule has 0 saturated heterocycles. The Bertz CT molecular complexity index is 291. The molecule has 2 rings (SSSR count). The summed E-state index contributed by atoms with van der Waals surface area (Å²) in [6.45, 7) is 0.918. The minimum Gasteiger partial charge on any atom is -0.411 e. The Morgan fingerprint density at radius 3 is 3.36 bits per heavy atom. The van der Waals surface area contributed by atoms with Crippen molar-refractivity contribution in [1.29, 1.82) is 0 Å². The van der Waals surface area contributed by atoms with Crippen molar-refractivity contribution in [3.05, 3.63) is 12.2 Å². The van der Waals surface area contributed by atoms with Gasteiger partial charge in [-0.15, -0.1) is 10.2 Å². The molecule has 0 spiro atoms. The summed E-state index contributed by atoms with van der Waals surface area (Å²) in [6.07, 6.45) is 3.43. The molecular weight excluding hydrogens is 144 g/mol. The van der Waals surface area contributed by atoms with Crippen molar-refractivity contribution >= 4 is 5.71 Å². The number of oxime groups is 1. The molecule has 1 aliphatic heterocycles. The van der Waals surface area contributed by atoms with Gasteiger partial charge in [-0.1, -0.05) is 5.16 Å². The molecule has 0 aliphatic carbocycles. The molecule has 0 atom stereocenters. The summed E-state index contributed by atoms with van der Waals surface area (Å²) in [6, 6.07) is 0. The van der Waals surface area contributed by atoms with Gasteiger partial charge in [0.05, 0.1) is 0 Å². The smallest absolute Gasteiger partial charge is 0.181 e. The second-order valence-electron chi connectivity index (χ2n) is 2.50. The molecule has 0 aromatic carbocycles. The number of hydrogen-bond donors (Lipinski definition) is 1. The van der Waals surface area contributed by atoms with Crippen LogP contribution in [0.2, 0.25) is 0 Å². The van der Waals surface area contributed by atoms with Gasteiger partial charge in [0.15, 0.2) is 5.82 Å². The van der Waals surface area contributed by atoms with Crippen LogP contribution < -0.4 is 0 Å². The average molecular weight is 152 g/mol. The van der Waals surface area contributed by atoms with Crippen molar-refractivity contribution < 1.29 is 5.21 Å². The molecular formula is C6H8N4O. The largest absolute Gasteiger partial charge is 0.411 e. The van der Waals surface area contributed by atoms with Gasteiger partial charge in [0.2, 0.25) is 0 Å². The van der Waals surface area contributed by atoms with E-state index in [9.17, 15) is 0 Å². The average Bonchev–Trinajstić information content (AvgIpc) is 2.50. The maximum atomic E-state index is 8.56. The number of rotatable bonds is 0. The molecule has 1 N–H and O–H groups in total. The first kappa shape index (κ1) is 6.33. The Morgan fingerprint density at radius 2 is 2.55 bits per heavy atom. The summed E-state index contributed by atoms with van der Waals surface area (Å²) >= 11 is 0. The van der Waals surface area contributed by atoms with E-state index in [2.05, 4.69) is 15.4 Å². The van der Waals surface area contributed by atoms with Gasteiger partial charge in [-0.2, -0.15) is 0 Å². The first-order valence-electron chi connectivity index (χ1n) is 3.51. The van der Waals surface area contributed by atoms with E-state index in [1.54, 1.807) is 6.33 Å². The lowest BCUT2D eigenvalue weighted by Crippen LogP contribution is -2.17. The predicted octanol–water partition coefficient (Wildman–Crippen LogP) is 0.250. The molecule has 5 nitrogen and oxygen atoms in total. The molecule has 2 heterocycles. The van der Waals surface area contributed by atoms with Crippen LogP contribution in [-0.4, -0.2) is 25.7 Å². The van der Waals surface area contributed by atoms with Gasteiger partial charge in [0.1, 0.15) is 12.0 Å². The van der Waals surface area contributed by atoms with Gasteiger partial charge in [0, 0.05) is 6.54 Å². The fourth-order valence-electron chi connectivity index (χ4n) is 1.27. The zero-order chi connectivity index (χ0) is 7.68. The van der Waals surface area contributed by atoms with E-state index >= 15 is 0 Å². The van der Waals surface area contributed by atoms with E-state index in [4.69, 9.17) is 5.21 Å². The molecule has 0 amide bonds. The highest BCUT2D eigenvalue weighted by molar-refractivity contribution is 5.97. The second kappa shape index (κ2) is 2.34. The van der Waals surface area contributed by atoms with E-state index in [-0.39, 0.29) is 0 Å². The summed E-state index contributed by atoms with van der Waals surface area (Å²) in [4.78, 5) is 0. The van der Waals surface area contributed by atoms with Crippen molar-refractivity contribution in [2.75, 3.05) is 0 Å². The SMILES string of the molecule is ON=C1CCCn2cnnc21. The monoisotopic (exact) mass is 152 g/mol. The van der Waals surface area contributed by atoms with Crippen molar-refractivity contribution in [2.45, 2.75) is 19.4 Å². The van der Waals surface area contributed by atoms with Crippen LogP contribution in [0.3, 0.4) is 0 Å². The van der Waals surface area contributed by atoms with Crippen LogP contribution in [0.4, 0.5) is 0 Å². The zero-order valence-electron chi connectivity index (χ0n) is 5.93. The summed E-state index contributed by atoms with van der Waals surface area (Å²) < 4.78 is 1.89. The Morgan fingerprint density at radius 1 is 1.64 bits per heavy atom. The van der Waals surface area contributed by atoms with E-state index in [1.807, 2.05) is 4.57 Å². The molecule has 0 bridgehead atoms. The number of aryl methyl sites for hydroxylation is 1. The summed E-state index contributed by atoms with van der Waals surface area (Å²) in [5, 5.41) is 19.3. The van der Waals surface area contributed by atoms with Crippen LogP contribution in [0.5, 0.6) is 0 Å². The number of fused-ring (bicyclic) bond motifs is 1. The molecule has 0 fully saturated rings. The first-order valence-corrected chi connectivity index (χ1v) is 3.51. The fraction of sp³-hybridized carbons (Fsp3) is 0.500. The van der Waals surface area contributed by atoms with Gasteiger partial charge in [-0.05, 0) is 12.8 Å². The van der Waals surface area contributed by atoms with E-state index in [1.165, 1.54) is 0 Å². The summed E-state index contributed by atoms with van der Waals surface area (Å²) in [7, 11) is 0. The van der Waals surface area contributed by atoms with Gasteiger partial charge < -0.3 is 9.77 Å². The summed E-state index contributed by atoms with van der Waals surface area (Å²) in [5.41, 5.74) is 0.633. The Hall–Kier alpha value is -1.39. The minimum atomic E-state index is 0.633. The minimum absolute atomic E-state index is 0.633. The lowest BCUT2D eigenvalue weighted by Gasteiger charge is -2.12. The quantitative estimate of drug-likeness (QED) is 0.428. The molecule has 0 saturated carbocycles. The third-order valence-electron chi connectivity index (χ3n) is 1.81. The molecule has 5 heteroatoms. The van der Waals surface area contributed by atoms with Crippen molar-refractivity contribution in [2.24, 2.45) is 5.16 Å².